The molecule has 1 aliphatic rings. The molecule has 5 heteroatoms. The molecular formula is C17H17N3OS. The number of benzene rings is 1. The fourth-order valence-electron chi connectivity index (χ4n) is 2.99. The Balaban J connectivity index is 1.61. The molecule has 0 aliphatic heterocycles. The van der Waals surface area contributed by atoms with Crippen LogP contribution >= 0.6 is 11.3 Å². The number of aryl methyl sites for hydroxylation is 2. The fourth-order valence-corrected chi connectivity index (χ4v) is 4.22. The highest BCUT2D eigenvalue weighted by atomic mass is 32.1. The van der Waals surface area contributed by atoms with Crippen molar-refractivity contribution in [1.82, 2.24) is 9.97 Å². The second kappa shape index (κ2) is 5.57. The summed E-state index contributed by atoms with van der Waals surface area (Å²) in [6, 6.07) is 8.11. The van der Waals surface area contributed by atoms with Crippen LogP contribution < -0.4 is 10.1 Å². The summed E-state index contributed by atoms with van der Waals surface area (Å²) in [5.41, 5.74) is 2.66. The zero-order valence-electron chi connectivity index (χ0n) is 12.4. The first-order valence-electron chi connectivity index (χ1n) is 7.47. The van der Waals surface area contributed by atoms with Crippen LogP contribution in [-0.4, -0.2) is 17.1 Å². The molecule has 1 aromatic carbocycles. The number of hydrogen-bond acceptors (Lipinski definition) is 5. The molecule has 112 valence electrons. The molecule has 0 radical (unpaired) electrons. The number of ether oxygens (including phenoxy) is 1. The van der Waals surface area contributed by atoms with Crippen molar-refractivity contribution in [1.29, 1.82) is 0 Å². The van der Waals surface area contributed by atoms with Crippen molar-refractivity contribution < 1.29 is 4.74 Å². The number of nitrogens with one attached hydrogen (secondary N) is 1. The van der Waals surface area contributed by atoms with Crippen molar-refractivity contribution in [2.45, 2.75) is 25.8 Å². The minimum Gasteiger partial charge on any atom is -0.497 e. The predicted molar refractivity (Wildman–Crippen MR) is 89.8 cm³/mol. The topological polar surface area (TPSA) is 47.0 Å². The Morgan fingerprint density at radius 2 is 2.05 bits per heavy atom. The van der Waals surface area contributed by atoms with Gasteiger partial charge in [0.15, 0.2) is 0 Å². The van der Waals surface area contributed by atoms with E-state index in [1.165, 1.54) is 34.2 Å². The number of rotatable bonds is 4. The quantitative estimate of drug-likeness (QED) is 0.796. The van der Waals surface area contributed by atoms with E-state index in [9.17, 15) is 0 Å². The molecule has 1 N–H and O–H groups in total. The Morgan fingerprint density at radius 3 is 2.86 bits per heavy atom. The fraction of sp³-hybridized carbons (Fsp3) is 0.294. The van der Waals surface area contributed by atoms with Crippen LogP contribution in [0.3, 0.4) is 0 Å². The molecule has 0 fully saturated rings. The monoisotopic (exact) mass is 311 g/mol. The normalized spacial score (nSPS) is 13.3. The van der Waals surface area contributed by atoms with E-state index in [4.69, 9.17) is 4.74 Å². The number of anilines is 1. The third kappa shape index (κ3) is 2.31. The summed E-state index contributed by atoms with van der Waals surface area (Å²) >= 11 is 1.82. The van der Waals surface area contributed by atoms with Gasteiger partial charge in [-0.25, -0.2) is 9.97 Å². The van der Waals surface area contributed by atoms with Crippen molar-refractivity contribution in [3.05, 3.63) is 46.6 Å². The second-order valence-electron chi connectivity index (χ2n) is 5.46. The molecule has 0 bridgehead atoms. The van der Waals surface area contributed by atoms with E-state index in [0.717, 1.165) is 29.4 Å². The second-order valence-corrected chi connectivity index (χ2v) is 6.55. The van der Waals surface area contributed by atoms with Crippen LogP contribution in [0.5, 0.6) is 5.75 Å². The van der Waals surface area contributed by atoms with E-state index in [0.29, 0.717) is 0 Å². The first-order chi connectivity index (χ1) is 10.8. The molecule has 0 spiro atoms. The first kappa shape index (κ1) is 13.5. The Hall–Kier alpha value is -2.14. The lowest BCUT2D eigenvalue weighted by atomic mass is 10.2. The maximum atomic E-state index is 5.19. The van der Waals surface area contributed by atoms with Crippen LogP contribution in [0.1, 0.15) is 22.4 Å². The molecule has 0 saturated heterocycles. The van der Waals surface area contributed by atoms with Gasteiger partial charge in [-0.05, 0) is 42.5 Å². The molecule has 1 aliphatic carbocycles. The lowest BCUT2D eigenvalue weighted by Gasteiger charge is -2.08. The molecule has 2 aromatic heterocycles. The molecular weight excluding hydrogens is 294 g/mol. The van der Waals surface area contributed by atoms with Gasteiger partial charge < -0.3 is 10.1 Å². The Labute approximate surface area is 133 Å². The van der Waals surface area contributed by atoms with Gasteiger partial charge >= 0.3 is 0 Å². The number of fused-ring (bicyclic) bond motifs is 3. The highest BCUT2D eigenvalue weighted by molar-refractivity contribution is 7.19. The number of aromatic nitrogens is 2. The summed E-state index contributed by atoms with van der Waals surface area (Å²) in [6.07, 6.45) is 5.25. The average Bonchev–Trinajstić information content (AvgIpc) is 3.14. The first-order valence-corrected chi connectivity index (χ1v) is 8.29. The molecule has 22 heavy (non-hydrogen) atoms. The standard InChI is InChI=1S/C17H17N3OS/c1-21-12-7-5-11(6-8-12)9-18-16-15-13-3-2-4-14(13)22-17(15)20-10-19-16/h5-8,10H,2-4,9H2,1H3,(H,18,19,20). The number of hydrogen-bond donors (Lipinski definition) is 1. The van der Waals surface area contributed by atoms with Gasteiger partial charge in [-0.2, -0.15) is 0 Å². The van der Waals surface area contributed by atoms with E-state index in [-0.39, 0.29) is 0 Å². The molecule has 0 unspecified atom stereocenters. The van der Waals surface area contributed by atoms with Crippen molar-refractivity contribution in [2.24, 2.45) is 0 Å². The van der Waals surface area contributed by atoms with E-state index in [2.05, 4.69) is 27.4 Å². The van der Waals surface area contributed by atoms with Gasteiger partial charge in [-0.15, -0.1) is 11.3 Å². The van der Waals surface area contributed by atoms with Gasteiger partial charge in [0.1, 0.15) is 22.7 Å². The van der Waals surface area contributed by atoms with Crippen LogP contribution in [0.15, 0.2) is 30.6 Å². The van der Waals surface area contributed by atoms with Crippen LogP contribution in [-0.2, 0) is 19.4 Å². The van der Waals surface area contributed by atoms with Gasteiger partial charge in [0.25, 0.3) is 0 Å². The van der Waals surface area contributed by atoms with E-state index in [1.807, 2.05) is 23.5 Å². The van der Waals surface area contributed by atoms with Crippen molar-refractivity contribution >= 4 is 27.4 Å². The summed E-state index contributed by atoms with van der Waals surface area (Å²) in [5, 5.41) is 4.70. The van der Waals surface area contributed by atoms with Crippen molar-refractivity contribution in [3.8, 4) is 5.75 Å². The van der Waals surface area contributed by atoms with Gasteiger partial charge in [0, 0.05) is 11.4 Å². The molecule has 2 heterocycles. The van der Waals surface area contributed by atoms with Crippen molar-refractivity contribution in [3.63, 3.8) is 0 Å². The third-order valence-electron chi connectivity index (χ3n) is 4.12. The molecule has 3 aromatic rings. The Bertz CT molecular complexity index is 811. The zero-order chi connectivity index (χ0) is 14.9. The highest BCUT2D eigenvalue weighted by Crippen LogP contribution is 2.39. The van der Waals surface area contributed by atoms with Gasteiger partial charge in [0.05, 0.1) is 12.5 Å². The van der Waals surface area contributed by atoms with E-state index in [1.54, 1.807) is 13.4 Å². The average molecular weight is 311 g/mol. The predicted octanol–water partition coefficient (Wildman–Crippen LogP) is 3.80. The van der Waals surface area contributed by atoms with E-state index >= 15 is 0 Å². The summed E-state index contributed by atoms with van der Waals surface area (Å²) in [6.45, 7) is 0.751. The SMILES string of the molecule is COc1ccc(CNc2ncnc3sc4c(c23)CCC4)cc1. The van der Waals surface area contributed by atoms with E-state index < -0.39 is 0 Å². The summed E-state index contributed by atoms with van der Waals surface area (Å²) < 4.78 is 5.19. The Morgan fingerprint density at radius 1 is 1.18 bits per heavy atom. The maximum Gasteiger partial charge on any atom is 0.138 e. The molecule has 4 rings (SSSR count). The number of thiophene rings is 1. The van der Waals surface area contributed by atoms with Crippen molar-refractivity contribution in [2.75, 3.05) is 12.4 Å². The van der Waals surface area contributed by atoms with Gasteiger partial charge in [-0.3, -0.25) is 0 Å². The third-order valence-corrected chi connectivity index (χ3v) is 5.32. The van der Waals surface area contributed by atoms with Crippen LogP contribution in [0.25, 0.3) is 10.2 Å². The molecule has 0 amide bonds. The Kier molecular flexibility index (Phi) is 3.42. The van der Waals surface area contributed by atoms with Gasteiger partial charge in [-0.1, -0.05) is 12.1 Å². The van der Waals surface area contributed by atoms with Gasteiger partial charge in [0.2, 0.25) is 0 Å². The highest BCUT2D eigenvalue weighted by Gasteiger charge is 2.20. The zero-order valence-corrected chi connectivity index (χ0v) is 13.2. The lowest BCUT2D eigenvalue weighted by Crippen LogP contribution is -2.02. The number of methoxy groups -OCH3 is 1. The summed E-state index contributed by atoms with van der Waals surface area (Å²) in [5.74, 6) is 1.84. The molecule has 0 atom stereocenters. The minimum atomic E-state index is 0.751. The van der Waals surface area contributed by atoms with Crippen LogP contribution in [0.2, 0.25) is 0 Å². The summed E-state index contributed by atoms with van der Waals surface area (Å²) in [7, 11) is 1.68. The lowest BCUT2D eigenvalue weighted by molar-refractivity contribution is 0.414. The molecule has 4 nitrogen and oxygen atoms in total. The largest absolute Gasteiger partial charge is 0.497 e. The summed E-state index contributed by atoms with van der Waals surface area (Å²) in [4.78, 5) is 11.5. The number of nitrogens with zero attached hydrogens (tertiary/aromatic N) is 2. The smallest absolute Gasteiger partial charge is 0.138 e. The van der Waals surface area contributed by atoms with Crippen LogP contribution in [0, 0.1) is 0 Å². The maximum absolute atomic E-state index is 5.19. The van der Waals surface area contributed by atoms with Crippen LogP contribution in [0.4, 0.5) is 5.82 Å². The molecule has 0 saturated carbocycles. The minimum absolute atomic E-state index is 0.751.